The van der Waals surface area contributed by atoms with Gasteiger partial charge in [-0.2, -0.15) is 13.2 Å². The number of ether oxygens (including phenoxy) is 1. The zero-order valence-electron chi connectivity index (χ0n) is 17.5. The minimum Gasteiger partial charge on any atom is -0.486 e. The van der Waals surface area contributed by atoms with Gasteiger partial charge in [-0.25, -0.2) is 0 Å². The molecule has 4 heteroatoms. The highest BCUT2D eigenvalue weighted by Gasteiger charge is 2.30. The maximum atomic E-state index is 12.8. The van der Waals surface area contributed by atoms with Crippen LogP contribution in [0.3, 0.4) is 0 Å². The molecule has 0 bridgehead atoms. The zero-order valence-corrected chi connectivity index (χ0v) is 17.5. The third-order valence-corrected chi connectivity index (χ3v) is 5.37. The molecule has 0 spiro atoms. The molecule has 2 unspecified atom stereocenters. The Balaban J connectivity index is 2.02. The SMILES string of the molecule is CCCCC(CCC)CCCC(Oc1ccc(C(F)(F)F)cc1)c1ccccc1. The van der Waals surface area contributed by atoms with E-state index in [0.29, 0.717) is 5.75 Å². The van der Waals surface area contributed by atoms with Gasteiger partial charge >= 0.3 is 6.18 Å². The van der Waals surface area contributed by atoms with Gasteiger partial charge in [0.05, 0.1) is 5.56 Å². The van der Waals surface area contributed by atoms with Gasteiger partial charge in [-0.15, -0.1) is 0 Å². The number of unbranched alkanes of at least 4 members (excludes halogenated alkanes) is 1. The first-order valence-electron chi connectivity index (χ1n) is 10.8. The van der Waals surface area contributed by atoms with Crippen LogP contribution in [0.5, 0.6) is 5.75 Å². The molecule has 0 saturated carbocycles. The molecule has 2 atom stereocenters. The first kappa shape index (κ1) is 23.3. The minimum atomic E-state index is -4.33. The summed E-state index contributed by atoms with van der Waals surface area (Å²) in [7, 11) is 0. The lowest BCUT2D eigenvalue weighted by Crippen LogP contribution is -2.10. The fourth-order valence-corrected chi connectivity index (χ4v) is 3.77. The first-order valence-corrected chi connectivity index (χ1v) is 10.8. The van der Waals surface area contributed by atoms with Gasteiger partial charge in [-0.1, -0.05) is 82.7 Å². The van der Waals surface area contributed by atoms with E-state index in [-0.39, 0.29) is 6.10 Å². The fraction of sp³-hybridized carbons (Fsp3) is 0.520. The number of alkyl halides is 3. The summed E-state index contributed by atoms with van der Waals surface area (Å²) in [6.07, 6.45) is 4.85. The van der Waals surface area contributed by atoms with E-state index in [1.807, 2.05) is 30.3 Å². The van der Waals surface area contributed by atoms with E-state index in [2.05, 4.69) is 13.8 Å². The van der Waals surface area contributed by atoms with Crippen molar-refractivity contribution in [3.05, 3.63) is 65.7 Å². The van der Waals surface area contributed by atoms with Crippen LogP contribution in [-0.2, 0) is 6.18 Å². The average Bonchev–Trinajstić information content (AvgIpc) is 2.71. The van der Waals surface area contributed by atoms with Crippen LogP contribution in [0.2, 0.25) is 0 Å². The van der Waals surface area contributed by atoms with E-state index < -0.39 is 11.7 Å². The Labute approximate surface area is 173 Å². The number of hydrogen-bond donors (Lipinski definition) is 0. The van der Waals surface area contributed by atoms with Crippen molar-refractivity contribution in [1.29, 1.82) is 0 Å². The largest absolute Gasteiger partial charge is 0.486 e. The Kier molecular flexibility index (Phi) is 9.56. The summed E-state index contributed by atoms with van der Waals surface area (Å²) in [5.74, 6) is 1.23. The summed E-state index contributed by atoms with van der Waals surface area (Å²) in [5, 5.41) is 0. The number of benzene rings is 2. The molecular formula is C25H33F3O. The minimum absolute atomic E-state index is 0.151. The monoisotopic (exact) mass is 406 g/mol. The van der Waals surface area contributed by atoms with Gasteiger partial charge in [0.25, 0.3) is 0 Å². The maximum absolute atomic E-state index is 12.8. The van der Waals surface area contributed by atoms with E-state index in [9.17, 15) is 13.2 Å². The molecular weight excluding hydrogens is 373 g/mol. The Morgan fingerprint density at radius 1 is 0.759 bits per heavy atom. The van der Waals surface area contributed by atoms with Gasteiger partial charge in [-0.05, 0) is 48.6 Å². The molecule has 0 saturated heterocycles. The van der Waals surface area contributed by atoms with Crippen molar-refractivity contribution < 1.29 is 17.9 Å². The molecule has 160 valence electrons. The van der Waals surface area contributed by atoms with Gasteiger partial charge in [0, 0.05) is 0 Å². The molecule has 1 nitrogen and oxygen atoms in total. The van der Waals surface area contributed by atoms with Crippen molar-refractivity contribution in [1.82, 2.24) is 0 Å². The van der Waals surface area contributed by atoms with Gasteiger partial charge in [-0.3, -0.25) is 0 Å². The Morgan fingerprint density at radius 2 is 1.41 bits per heavy atom. The van der Waals surface area contributed by atoms with E-state index in [1.165, 1.54) is 50.7 Å². The highest BCUT2D eigenvalue weighted by Crippen LogP contribution is 2.33. The summed E-state index contributed by atoms with van der Waals surface area (Å²) in [4.78, 5) is 0. The van der Waals surface area contributed by atoms with Crippen LogP contribution in [0, 0.1) is 5.92 Å². The molecule has 0 aliphatic carbocycles. The predicted molar refractivity (Wildman–Crippen MR) is 113 cm³/mol. The van der Waals surface area contributed by atoms with Crippen molar-refractivity contribution in [2.75, 3.05) is 0 Å². The second-order valence-electron chi connectivity index (χ2n) is 7.77. The first-order chi connectivity index (χ1) is 13.9. The van der Waals surface area contributed by atoms with Gasteiger partial charge in [0.2, 0.25) is 0 Å². The number of hydrogen-bond acceptors (Lipinski definition) is 1. The van der Waals surface area contributed by atoms with Crippen molar-refractivity contribution in [2.45, 2.75) is 77.5 Å². The Morgan fingerprint density at radius 3 is 2.00 bits per heavy atom. The smallest absolute Gasteiger partial charge is 0.416 e. The highest BCUT2D eigenvalue weighted by molar-refractivity contribution is 5.30. The van der Waals surface area contributed by atoms with Crippen molar-refractivity contribution in [3.63, 3.8) is 0 Å². The normalized spacial score (nSPS) is 13.8. The van der Waals surface area contributed by atoms with Gasteiger partial charge in [0.1, 0.15) is 11.9 Å². The number of halogens is 3. The van der Waals surface area contributed by atoms with Gasteiger partial charge < -0.3 is 4.74 Å². The fourth-order valence-electron chi connectivity index (χ4n) is 3.77. The molecule has 0 aliphatic rings. The van der Waals surface area contributed by atoms with Crippen LogP contribution in [0.25, 0.3) is 0 Å². The van der Waals surface area contributed by atoms with Gasteiger partial charge in [0.15, 0.2) is 0 Å². The molecule has 0 amide bonds. The number of rotatable bonds is 12. The molecule has 0 N–H and O–H groups in total. The summed E-state index contributed by atoms with van der Waals surface area (Å²) in [6.45, 7) is 4.46. The molecule has 2 aromatic rings. The molecule has 0 aromatic heterocycles. The molecule has 2 aromatic carbocycles. The molecule has 0 radical (unpaired) electrons. The second-order valence-corrected chi connectivity index (χ2v) is 7.77. The van der Waals surface area contributed by atoms with Crippen LogP contribution in [-0.4, -0.2) is 0 Å². The van der Waals surface area contributed by atoms with Crippen molar-refractivity contribution >= 4 is 0 Å². The molecule has 29 heavy (non-hydrogen) atoms. The summed E-state index contributed by atoms with van der Waals surface area (Å²) < 4.78 is 44.5. The maximum Gasteiger partial charge on any atom is 0.416 e. The second kappa shape index (κ2) is 11.9. The van der Waals surface area contributed by atoms with Crippen LogP contribution < -0.4 is 4.74 Å². The van der Waals surface area contributed by atoms with Crippen LogP contribution in [0.1, 0.15) is 82.4 Å². The van der Waals surface area contributed by atoms with E-state index >= 15 is 0 Å². The third-order valence-electron chi connectivity index (χ3n) is 5.37. The summed E-state index contributed by atoms with van der Waals surface area (Å²) >= 11 is 0. The topological polar surface area (TPSA) is 9.23 Å². The van der Waals surface area contributed by atoms with E-state index in [4.69, 9.17) is 4.74 Å². The van der Waals surface area contributed by atoms with Crippen LogP contribution in [0.15, 0.2) is 54.6 Å². The molecule has 0 heterocycles. The third kappa shape index (κ3) is 8.12. The lowest BCUT2D eigenvalue weighted by Gasteiger charge is -2.22. The highest BCUT2D eigenvalue weighted by atomic mass is 19.4. The zero-order chi connectivity index (χ0) is 21.1. The average molecular weight is 407 g/mol. The van der Waals surface area contributed by atoms with Crippen molar-refractivity contribution in [3.8, 4) is 5.75 Å². The summed E-state index contributed by atoms with van der Waals surface area (Å²) in [6, 6.07) is 14.9. The molecule has 2 rings (SSSR count). The lowest BCUT2D eigenvalue weighted by atomic mass is 9.90. The van der Waals surface area contributed by atoms with Crippen LogP contribution >= 0.6 is 0 Å². The Bertz CT molecular complexity index is 679. The molecule has 0 fully saturated rings. The van der Waals surface area contributed by atoms with E-state index in [0.717, 1.165) is 36.5 Å². The standard InChI is InChI=1S/C25H33F3O/c1-3-5-11-20(10-4-2)12-9-15-24(21-13-7-6-8-14-21)29-23-18-16-22(17-19-23)25(26,27)28/h6-8,13-14,16-20,24H,3-5,9-12,15H2,1-2H3. The Hall–Kier alpha value is -1.97. The lowest BCUT2D eigenvalue weighted by molar-refractivity contribution is -0.137. The predicted octanol–water partition coefficient (Wildman–Crippen LogP) is 8.60. The van der Waals surface area contributed by atoms with Crippen LogP contribution in [0.4, 0.5) is 13.2 Å². The van der Waals surface area contributed by atoms with Crippen molar-refractivity contribution in [2.24, 2.45) is 5.92 Å². The summed E-state index contributed by atoms with van der Waals surface area (Å²) in [5.41, 5.74) is 0.410. The quantitative estimate of drug-likeness (QED) is 0.343. The van der Waals surface area contributed by atoms with E-state index in [1.54, 1.807) is 0 Å². The molecule has 0 aliphatic heterocycles.